The minimum Gasteiger partial charge on any atom is -0.396 e. The molecule has 182 valence electrons. The highest BCUT2D eigenvalue weighted by atomic mass is 16.3. The lowest BCUT2D eigenvalue weighted by molar-refractivity contribution is 0.116. The van der Waals surface area contributed by atoms with E-state index in [1.165, 1.54) is 36.6 Å². The van der Waals surface area contributed by atoms with Gasteiger partial charge < -0.3 is 20.1 Å². The molecule has 0 radical (unpaired) electrons. The first-order valence-electron chi connectivity index (χ1n) is 12.9. The van der Waals surface area contributed by atoms with Crippen LogP contribution in [0.2, 0.25) is 0 Å². The van der Waals surface area contributed by atoms with Crippen LogP contribution in [0.15, 0.2) is 42.6 Å². The van der Waals surface area contributed by atoms with E-state index < -0.39 is 6.10 Å². The number of pyridine rings is 1. The summed E-state index contributed by atoms with van der Waals surface area (Å²) in [6.45, 7) is 2.50. The van der Waals surface area contributed by atoms with Gasteiger partial charge in [-0.3, -0.25) is 0 Å². The molecule has 3 aromatic heterocycles. The lowest BCUT2D eigenvalue weighted by Gasteiger charge is -2.28. The number of benzene rings is 1. The van der Waals surface area contributed by atoms with E-state index in [0.717, 1.165) is 34.6 Å². The highest BCUT2D eigenvalue weighted by Gasteiger charge is 2.27. The first-order valence-corrected chi connectivity index (χ1v) is 12.9. The number of aromatic nitrogens is 4. The second-order valence-electron chi connectivity index (χ2n) is 10.4. The molecule has 2 aliphatic rings. The molecule has 4 aromatic rings. The van der Waals surface area contributed by atoms with Crippen molar-refractivity contribution in [2.24, 2.45) is 11.8 Å². The van der Waals surface area contributed by atoms with E-state index in [0.29, 0.717) is 36.6 Å². The Morgan fingerprint density at radius 3 is 2.69 bits per heavy atom. The molecular weight excluding hydrogens is 438 g/mol. The Morgan fingerprint density at radius 1 is 1.03 bits per heavy atom. The number of rotatable bonds is 5. The van der Waals surface area contributed by atoms with Crippen LogP contribution in [0.1, 0.15) is 68.9 Å². The highest BCUT2D eigenvalue weighted by molar-refractivity contribution is 6.06. The number of nitrogens with one attached hydrogen (secondary N) is 1. The predicted octanol–water partition coefficient (Wildman–Crippen LogP) is 5.45. The molecule has 0 amide bonds. The summed E-state index contributed by atoms with van der Waals surface area (Å²) in [7, 11) is 0. The van der Waals surface area contributed by atoms with Gasteiger partial charge in [0.2, 0.25) is 5.95 Å². The summed E-state index contributed by atoms with van der Waals surface area (Å²) in [5, 5.41) is 25.5. The molecule has 0 aliphatic heterocycles. The zero-order valence-corrected chi connectivity index (χ0v) is 20.2. The average Bonchev–Trinajstić information content (AvgIpc) is 3.19. The van der Waals surface area contributed by atoms with Crippen molar-refractivity contribution in [1.82, 2.24) is 19.5 Å². The van der Waals surface area contributed by atoms with Gasteiger partial charge in [0, 0.05) is 29.6 Å². The largest absolute Gasteiger partial charge is 0.396 e. The number of aliphatic hydroxyl groups excluding tert-OH is 2. The van der Waals surface area contributed by atoms with Crippen molar-refractivity contribution < 1.29 is 10.2 Å². The van der Waals surface area contributed by atoms with Gasteiger partial charge in [0.15, 0.2) is 0 Å². The molecule has 0 spiro atoms. The zero-order chi connectivity index (χ0) is 23.9. The van der Waals surface area contributed by atoms with Gasteiger partial charge in [-0.2, -0.15) is 4.98 Å². The van der Waals surface area contributed by atoms with E-state index in [4.69, 9.17) is 9.97 Å². The topological polar surface area (TPSA) is 96.1 Å². The van der Waals surface area contributed by atoms with Crippen molar-refractivity contribution in [3.8, 4) is 0 Å². The Labute approximate surface area is 205 Å². The second-order valence-corrected chi connectivity index (χ2v) is 10.4. The molecule has 0 saturated heterocycles. The van der Waals surface area contributed by atoms with Crippen molar-refractivity contribution >= 4 is 33.7 Å². The minimum atomic E-state index is -0.614. The molecule has 2 aliphatic carbocycles. The maximum absolute atomic E-state index is 10.7. The van der Waals surface area contributed by atoms with Crippen molar-refractivity contribution in [2.75, 3.05) is 11.9 Å². The number of hydrogen-bond acceptors (Lipinski definition) is 6. The number of hydrogen-bond donors (Lipinski definition) is 3. The summed E-state index contributed by atoms with van der Waals surface area (Å²) < 4.78 is 2.43. The van der Waals surface area contributed by atoms with Gasteiger partial charge in [0.05, 0.1) is 17.3 Å². The van der Waals surface area contributed by atoms with E-state index in [1.807, 2.05) is 18.3 Å². The van der Waals surface area contributed by atoms with Gasteiger partial charge >= 0.3 is 0 Å². The monoisotopic (exact) mass is 471 g/mol. The summed E-state index contributed by atoms with van der Waals surface area (Å²) in [4.78, 5) is 14.3. The van der Waals surface area contributed by atoms with E-state index in [2.05, 4.69) is 46.1 Å². The van der Waals surface area contributed by atoms with Gasteiger partial charge in [0.1, 0.15) is 11.5 Å². The van der Waals surface area contributed by atoms with Crippen LogP contribution in [0.25, 0.3) is 21.9 Å². The van der Waals surface area contributed by atoms with E-state index in [-0.39, 0.29) is 6.61 Å². The normalized spacial score (nSPS) is 24.5. The van der Waals surface area contributed by atoms with E-state index >= 15 is 0 Å². The number of para-hydroxylation sites is 1. The molecule has 7 nitrogen and oxygen atoms in total. The van der Waals surface area contributed by atoms with Gasteiger partial charge in [-0.15, -0.1) is 0 Å². The van der Waals surface area contributed by atoms with Gasteiger partial charge in [0.25, 0.3) is 0 Å². The number of fused-ring (bicyclic) bond motifs is 4. The highest BCUT2D eigenvalue weighted by Crippen LogP contribution is 2.39. The second kappa shape index (κ2) is 9.21. The van der Waals surface area contributed by atoms with Crippen molar-refractivity contribution in [3.63, 3.8) is 0 Å². The molecule has 1 unspecified atom stereocenters. The van der Waals surface area contributed by atoms with Crippen LogP contribution in [0.4, 0.5) is 11.8 Å². The summed E-state index contributed by atoms with van der Waals surface area (Å²) in [6.07, 6.45) is 8.31. The fourth-order valence-corrected chi connectivity index (χ4v) is 6.08. The number of nitrogens with zero attached hydrogens (tertiary/aromatic N) is 4. The van der Waals surface area contributed by atoms with Gasteiger partial charge in [-0.1, -0.05) is 31.2 Å². The SMILES string of the molecule is C[C@H]1CC[C@H](n2c3ccccc3c3cnc(Nc4ccc5c(n4)[C@H](O)CC(CCO)C5)nc32)CC1. The van der Waals surface area contributed by atoms with Crippen molar-refractivity contribution in [1.29, 1.82) is 0 Å². The first kappa shape index (κ1) is 22.4. The first-order chi connectivity index (χ1) is 17.1. The van der Waals surface area contributed by atoms with Crippen LogP contribution < -0.4 is 5.32 Å². The van der Waals surface area contributed by atoms with Crippen LogP contribution in [0.5, 0.6) is 0 Å². The van der Waals surface area contributed by atoms with Gasteiger partial charge in [-0.05, 0) is 74.5 Å². The van der Waals surface area contributed by atoms with Crippen LogP contribution in [0, 0.1) is 11.8 Å². The third-order valence-electron chi connectivity index (χ3n) is 7.97. The lowest BCUT2D eigenvalue weighted by atomic mass is 9.83. The summed E-state index contributed by atoms with van der Waals surface area (Å²) in [5.74, 6) is 2.23. The summed E-state index contributed by atoms with van der Waals surface area (Å²) in [5.41, 5.74) is 3.96. The molecular formula is C28H33N5O2. The fraction of sp³-hybridized carbons (Fsp3) is 0.464. The molecule has 7 heteroatoms. The standard InChI is InChI=1S/C28H33N5O2/c1-17-6-9-20(10-7-17)33-23-5-3-2-4-21(23)22-16-29-28(32-27(22)33)31-25-11-8-19-14-18(12-13-34)15-24(35)26(19)30-25/h2-5,8,11,16-18,20,24,34-35H,6-7,9-10,12-15H2,1H3,(H,29,30,31,32)/t17-,18?,20-,24-/m1/s1. The van der Waals surface area contributed by atoms with Crippen LogP contribution in [-0.2, 0) is 6.42 Å². The Balaban J connectivity index is 1.35. The average molecular weight is 472 g/mol. The Kier molecular flexibility index (Phi) is 5.90. The molecule has 3 N–H and O–H groups in total. The molecule has 0 bridgehead atoms. The number of aliphatic hydroxyl groups is 2. The van der Waals surface area contributed by atoms with E-state index in [1.54, 1.807) is 0 Å². The van der Waals surface area contributed by atoms with Crippen molar-refractivity contribution in [3.05, 3.63) is 53.9 Å². The Morgan fingerprint density at radius 2 is 1.86 bits per heavy atom. The number of anilines is 2. The van der Waals surface area contributed by atoms with Gasteiger partial charge in [-0.25, -0.2) is 9.97 Å². The molecule has 1 aromatic carbocycles. The van der Waals surface area contributed by atoms with Crippen LogP contribution in [0.3, 0.4) is 0 Å². The quantitative estimate of drug-likeness (QED) is 0.358. The third kappa shape index (κ3) is 4.17. The summed E-state index contributed by atoms with van der Waals surface area (Å²) in [6, 6.07) is 12.9. The molecule has 1 fully saturated rings. The van der Waals surface area contributed by atoms with Crippen molar-refractivity contribution in [2.45, 2.75) is 64.0 Å². The lowest BCUT2D eigenvalue weighted by Crippen LogP contribution is -2.21. The van der Waals surface area contributed by atoms with Crippen LogP contribution >= 0.6 is 0 Å². The molecule has 6 rings (SSSR count). The Hall–Kier alpha value is -3.03. The Bertz CT molecular complexity index is 1360. The van der Waals surface area contributed by atoms with E-state index in [9.17, 15) is 10.2 Å². The summed E-state index contributed by atoms with van der Waals surface area (Å²) >= 11 is 0. The molecule has 3 heterocycles. The molecule has 2 atom stereocenters. The third-order valence-corrected chi connectivity index (χ3v) is 7.97. The molecule has 35 heavy (non-hydrogen) atoms. The zero-order valence-electron chi connectivity index (χ0n) is 20.2. The smallest absolute Gasteiger partial charge is 0.230 e. The fourth-order valence-electron chi connectivity index (χ4n) is 6.08. The minimum absolute atomic E-state index is 0.149. The predicted molar refractivity (Wildman–Crippen MR) is 138 cm³/mol. The molecule has 1 saturated carbocycles. The van der Waals surface area contributed by atoms with Crippen LogP contribution in [-0.4, -0.2) is 36.3 Å². The maximum atomic E-state index is 10.7. The maximum Gasteiger partial charge on any atom is 0.230 e.